The molecule has 0 bridgehead atoms. The predicted octanol–water partition coefficient (Wildman–Crippen LogP) is 5.62. The largest absolute Gasteiger partial charge is 0.374 e. The zero-order chi connectivity index (χ0) is 42.0. The van der Waals surface area contributed by atoms with E-state index in [1.54, 1.807) is 34.1 Å². The molecule has 3 aromatic rings. The van der Waals surface area contributed by atoms with Gasteiger partial charge in [0.1, 0.15) is 17.6 Å². The van der Waals surface area contributed by atoms with Gasteiger partial charge >= 0.3 is 0 Å². The number of hydrogen-bond acceptors (Lipinski definition) is 10. The fraction of sp³-hybridized carbons (Fsp3) is 0.535. The monoisotopic (exact) mass is 833 g/mol. The number of nitrogens with one attached hydrogen (secondary N) is 4. The lowest BCUT2D eigenvalue weighted by Crippen LogP contribution is -2.61. The molecule has 5 aliphatic rings. The van der Waals surface area contributed by atoms with Crippen molar-refractivity contribution in [2.45, 2.75) is 107 Å². The SMILES string of the molecule is O=C1CCC(Nc2ccc(N3CCC(N4CCC(NC(=O)C5CCC(Nc6ncc(F)c(-c7cccc(N8CCCCC8=O)c7)n6)CC5)CC4)C(F)(F)C3)c(F)c2)C(=O)N1. The lowest BCUT2D eigenvalue weighted by atomic mass is 9.85. The summed E-state index contributed by atoms with van der Waals surface area (Å²) >= 11 is 0. The topological polar surface area (TPSA) is 152 Å². The van der Waals surface area contributed by atoms with Crippen LogP contribution in [-0.4, -0.2) is 101 Å². The van der Waals surface area contributed by atoms with E-state index >= 15 is 13.2 Å². The number of likely N-dealkylation sites (tertiary alicyclic amines) is 1. The molecule has 13 nitrogen and oxygen atoms in total. The number of carbonyl (C=O) groups is 4. The van der Waals surface area contributed by atoms with Gasteiger partial charge in [0.25, 0.3) is 5.92 Å². The van der Waals surface area contributed by atoms with Gasteiger partial charge in [-0.25, -0.2) is 27.5 Å². The van der Waals surface area contributed by atoms with Gasteiger partial charge in [-0.05, 0) is 94.5 Å². The van der Waals surface area contributed by atoms with E-state index in [-0.39, 0.29) is 72.9 Å². The number of imide groups is 1. The molecule has 0 radical (unpaired) electrons. The molecule has 4 saturated heterocycles. The van der Waals surface area contributed by atoms with E-state index in [0.29, 0.717) is 87.5 Å². The maximum atomic E-state index is 15.7. The summed E-state index contributed by atoms with van der Waals surface area (Å²) in [6.45, 7) is 1.07. The van der Waals surface area contributed by atoms with Crippen LogP contribution in [-0.2, 0) is 19.2 Å². The van der Waals surface area contributed by atoms with Crippen LogP contribution in [0.4, 0.5) is 40.6 Å². The summed E-state index contributed by atoms with van der Waals surface area (Å²) in [5, 5.41) is 11.7. The number of alkyl halides is 2. The van der Waals surface area contributed by atoms with E-state index in [1.165, 1.54) is 17.0 Å². The molecule has 60 heavy (non-hydrogen) atoms. The third kappa shape index (κ3) is 9.35. The van der Waals surface area contributed by atoms with Crippen LogP contribution in [0.5, 0.6) is 0 Å². The Morgan fingerprint density at radius 2 is 1.62 bits per heavy atom. The van der Waals surface area contributed by atoms with Gasteiger partial charge in [0.15, 0.2) is 5.82 Å². The van der Waals surface area contributed by atoms with Crippen molar-refractivity contribution in [2.75, 3.05) is 53.2 Å². The molecule has 8 rings (SSSR count). The minimum atomic E-state index is -3.10. The van der Waals surface area contributed by atoms with E-state index in [9.17, 15) is 23.6 Å². The van der Waals surface area contributed by atoms with Crippen LogP contribution in [0, 0.1) is 17.6 Å². The summed E-state index contributed by atoms with van der Waals surface area (Å²) in [5.74, 6) is -5.04. The fourth-order valence-electron chi connectivity index (χ4n) is 9.37. The highest BCUT2D eigenvalue weighted by molar-refractivity contribution is 6.01. The van der Waals surface area contributed by atoms with Crippen molar-refractivity contribution in [2.24, 2.45) is 5.92 Å². The Labute approximate surface area is 346 Å². The van der Waals surface area contributed by atoms with Crippen molar-refractivity contribution in [3.05, 3.63) is 60.3 Å². The normalized spacial score (nSPS) is 25.4. The van der Waals surface area contributed by atoms with E-state index in [0.717, 1.165) is 19.0 Å². The second kappa shape index (κ2) is 17.7. The van der Waals surface area contributed by atoms with Crippen molar-refractivity contribution in [3.63, 3.8) is 0 Å². The van der Waals surface area contributed by atoms with E-state index in [1.807, 2.05) is 6.07 Å². The Morgan fingerprint density at radius 1 is 0.817 bits per heavy atom. The average molecular weight is 834 g/mol. The Hall–Kier alpha value is -5.32. The number of nitrogens with zero attached hydrogens (tertiary/aromatic N) is 5. The Morgan fingerprint density at radius 3 is 2.35 bits per heavy atom. The summed E-state index contributed by atoms with van der Waals surface area (Å²) in [5.41, 5.74) is 1.81. The van der Waals surface area contributed by atoms with Crippen molar-refractivity contribution in [1.82, 2.24) is 25.5 Å². The Balaban J connectivity index is 0.779. The lowest BCUT2D eigenvalue weighted by Gasteiger charge is -2.46. The van der Waals surface area contributed by atoms with Crippen molar-refractivity contribution >= 4 is 46.6 Å². The zero-order valence-electron chi connectivity index (χ0n) is 33.4. The van der Waals surface area contributed by atoms with E-state index in [4.69, 9.17) is 0 Å². The van der Waals surface area contributed by atoms with Crippen molar-refractivity contribution < 1.29 is 36.7 Å². The number of hydrogen-bond donors (Lipinski definition) is 4. The molecule has 5 heterocycles. The quantitative estimate of drug-likeness (QED) is 0.150. The van der Waals surface area contributed by atoms with Gasteiger partial charge in [-0.2, -0.15) is 0 Å². The molecule has 2 aromatic carbocycles. The molecule has 2 unspecified atom stereocenters. The van der Waals surface area contributed by atoms with Gasteiger partial charge < -0.3 is 25.8 Å². The highest BCUT2D eigenvalue weighted by Gasteiger charge is 2.48. The van der Waals surface area contributed by atoms with Gasteiger partial charge in [0, 0.05) is 74.0 Å². The molecule has 1 aliphatic carbocycles. The van der Waals surface area contributed by atoms with Gasteiger partial charge in [0.05, 0.1) is 24.5 Å². The van der Waals surface area contributed by atoms with E-state index < -0.39 is 42.1 Å². The molecule has 320 valence electrons. The van der Waals surface area contributed by atoms with Crippen molar-refractivity contribution in [1.29, 1.82) is 0 Å². The predicted molar refractivity (Wildman–Crippen MR) is 217 cm³/mol. The third-order valence-electron chi connectivity index (χ3n) is 12.7. The summed E-state index contributed by atoms with van der Waals surface area (Å²) in [4.78, 5) is 62.9. The molecule has 17 heteroatoms. The van der Waals surface area contributed by atoms with Crippen LogP contribution in [0.15, 0.2) is 48.7 Å². The molecule has 4 amide bonds. The number of amides is 4. The van der Waals surface area contributed by atoms with Gasteiger partial charge in [-0.1, -0.05) is 12.1 Å². The number of anilines is 4. The molecular weight excluding hydrogens is 783 g/mol. The van der Waals surface area contributed by atoms with Crippen LogP contribution in [0.25, 0.3) is 11.3 Å². The first-order valence-electron chi connectivity index (χ1n) is 21.2. The number of aromatic nitrogens is 2. The Bertz CT molecular complexity index is 2090. The molecule has 4 N–H and O–H groups in total. The highest BCUT2D eigenvalue weighted by Crippen LogP contribution is 2.37. The number of benzene rings is 2. The third-order valence-corrected chi connectivity index (χ3v) is 12.7. The van der Waals surface area contributed by atoms with Crippen LogP contribution in [0.2, 0.25) is 0 Å². The summed E-state index contributed by atoms with van der Waals surface area (Å²) in [6, 6.07) is 9.56. The minimum absolute atomic E-state index is 0.00107. The number of piperidine rings is 4. The molecular formula is C43H51F4N9O4. The maximum absolute atomic E-state index is 15.7. The molecule has 1 saturated carbocycles. The Kier molecular flexibility index (Phi) is 12.2. The fourth-order valence-corrected chi connectivity index (χ4v) is 9.37. The average Bonchev–Trinajstić information content (AvgIpc) is 3.23. The summed E-state index contributed by atoms with van der Waals surface area (Å²) < 4.78 is 61.6. The van der Waals surface area contributed by atoms with Gasteiger partial charge in [-0.15, -0.1) is 0 Å². The van der Waals surface area contributed by atoms with E-state index in [2.05, 4.69) is 31.2 Å². The van der Waals surface area contributed by atoms with Crippen molar-refractivity contribution in [3.8, 4) is 11.3 Å². The summed E-state index contributed by atoms with van der Waals surface area (Å²) in [6.07, 6.45) is 7.81. The standard InChI is InChI=1S/C43H51F4N9O4/c44-32-23-30(49-34-12-14-37(57)52-41(34)60)11-13-35(32)55-21-17-36(43(46,47)25-55)54-19-15-29(16-20-54)50-40(59)26-7-9-28(10-8-26)51-42-48-24-33(45)39(53-42)27-4-3-5-31(22-27)56-18-2-1-6-38(56)58/h3-5,11,13,22-24,26,28-29,34,36,49H,1-2,6-10,12,14-21,25H2,(H,50,59)(H,48,51,53)(H,52,57,60). The smallest absolute Gasteiger partial charge is 0.280 e. The summed E-state index contributed by atoms with van der Waals surface area (Å²) in [7, 11) is 0. The first kappa shape index (κ1) is 41.4. The number of carbonyl (C=O) groups excluding carboxylic acids is 4. The first-order valence-corrected chi connectivity index (χ1v) is 21.2. The molecule has 2 atom stereocenters. The first-order chi connectivity index (χ1) is 28.9. The zero-order valence-corrected chi connectivity index (χ0v) is 33.4. The van der Waals surface area contributed by atoms with Crippen LogP contribution in [0.3, 0.4) is 0 Å². The number of rotatable bonds is 10. The second-order valence-corrected chi connectivity index (χ2v) is 16.8. The van der Waals surface area contributed by atoms with Gasteiger partial charge in [-0.3, -0.25) is 29.4 Å². The molecule has 1 aromatic heterocycles. The maximum Gasteiger partial charge on any atom is 0.280 e. The highest BCUT2D eigenvalue weighted by atomic mass is 19.3. The molecule has 5 fully saturated rings. The van der Waals surface area contributed by atoms with Crippen LogP contribution in [0.1, 0.15) is 77.0 Å². The van der Waals surface area contributed by atoms with Gasteiger partial charge in [0.2, 0.25) is 29.6 Å². The minimum Gasteiger partial charge on any atom is -0.374 e. The number of halogens is 4. The lowest BCUT2D eigenvalue weighted by molar-refractivity contribution is -0.133. The second-order valence-electron chi connectivity index (χ2n) is 16.8. The molecule has 4 aliphatic heterocycles. The molecule has 0 spiro atoms. The van der Waals surface area contributed by atoms with Crippen LogP contribution < -0.4 is 31.1 Å². The van der Waals surface area contributed by atoms with Crippen LogP contribution >= 0.6 is 0 Å².